The third-order valence-corrected chi connectivity index (χ3v) is 9.31. The van der Waals surface area contributed by atoms with Crippen molar-refractivity contribution in [3.05, 3.63) is 108 Å². The van der Waals surface area contributed by atoms with E-state index in [-0.39, 0.29) is 20.1 Å². The van der Waals surface area contributed by atoms with Gasteiger partial charge in [-0.25, -0.2) is 4.98 Å². The van der Waals surface area contributed by atoms with Crippen molar-refractivity contribution in [3.63, 3.8) is 0 Å². The number of aryl methyl sites for hydroxylation is 3. The summed E-state index contributed by atoms with van der Waals surface area (Å²) >= 11 is 0. The summed E-state index contributed by atoms with van der Waals surface area (Å²) in [5.74, 6) is 0.534. The van der Waals surface area contributed by atoms with Gasteiger partial charge in [-0.05, 0) is 54.5 Å². The average molecular weight is 748 g/mol. The number of benzene rings is 2. The van der Waals surface area contributed by atoms with E-state index in [1.165, 1.54) is 10.8 Å². The topological polar surface area (TPSA) is 51.8 Å². The number of nitrogens with zero attached hydrogens (tertiary/aromatic N) is 3. The second-order valence-electron chi connectivity index (χ2n) is 12.0. The standard InChI is InChI=1S/C19H15N2O.C17H22NSi.Ir/c1-11-8-9-20-16(10-11)14-6-4-12(2)17-15-7-5-13(3)21-19(15)22-18(14)17;1-13(2)15-11-16(14-9-7-6-8-10-14)18-12-17(15)19(3,4)5;/h4-5,7-10H,1-3H3;6-9,11-13H,1-5H3;/q2*-1;. The van der Waals surface area contributed by atoms with Crippen molar-refractivity contribution in [2.45, 2.75) is 60.2 Å². The van der Waals surface area contributed by atoms with E-state index in [1.54, 1.807) is 0 Å². The third kappa shape index (κ3) is 6.62. The molecule has 6 rings (SSSR count). The van der Waals surface area contributed by atoms with Crippen molar-refractivity contribution >= 4 is 35.3 Å². The molecule has 217 valence electrons. The maximum absolute atomic E-state index is 6.06. The van der Waals surface area contributed by atoms with Crippen LogP contribution in [0.3, 0.4) is 0 Å². The molecule has 42 heavy (non-hydrogen) atoms. The molecule has 2 aromatic carbocycles. The van der Waals surface area contributed by atoms with Crippen LogP contribution in [0.1, 0.15) is 42.1 Å². The summed E-state index contributed by atoms with van der Waals surface area (Å²) in [4.78, 5) is 13.6. The Hall–Kier alpha value is -3.44. The molecule has 0 amide bonds. The molecule has 0 aliphatic heterocycles. The molecule has 4 heterocycles. The minimum Gasteiger partial charge on any atom is -0.486 e. The second-order valence-corrected chi connectivity index (χ2v) is 17.1. The van der Waals surface area contributed by atoms with E-state index in [2.05, 4.69) is 98.8 Å². The van der Waals surface area contributed by atoms with Crippen LogP contribution in [0, 0.1) is 32.9 Å². The van der Waals surface area contributed by atoms with Crippen LogP contribution in [0.4, 0.5) is 0 Å². The van der Waals surface area contributed by atoms with Gasteiger partial charge in [0.05, 0.1) is 13.7 Å². The van der Waals surface area contributed by atoms with E-state index >= 15 is 0 Å². The van der Waals surface area contributed by atoms with Gasteiger partial charge in [0, 0.05) is 43.6 Å². The van der Waals surface area contributed by atoms with Gasteiger partial charge in [0.1, 0.15) is 0 Å². The normalized spacial score (nSPS) is 11.4. The number of pyridine rings is 3. The van der Waals surface area contributed by atoms with Crippen LogP contribution >= 0.6 is 0 Å². The van der Waals surface area contributed by atoms with Gasteiger partial charge in [0.15, 0.2) is 0 Å². The van der Waals surface area contributed by atoms with E-state index < -0.39 is 8.07 Å². The molecule has 0 N–H and O–H groups in total. The molecule has 4 nitrogen and oxygen atoms in total. The van der Waals surface area contributed by atoms with Crippen LogP contribution in [0.5, 0.6) is 0 Å². The monoisotopic (exact) mass is 748 g/mol. The van der Waals surface area contributed by atoms with E-state index in [0.29, 0.717) is 11.6 Å². The minimum absolute atomic E-state index is 0. The summed E-state index contributed by atoms with van der Waals surface area (Å²) in [7, 11) is -1.34. The van der Waals surface area contributed by atoms with E-state index in [4.69, 9.17) is 4.42 Å². The molecule has 1 radical (unpaired) electrons. The van der Waals surface area contributed by atoms with Gasteiger partial charge in [0.25, 0.3) is 0 Å². The molecule has 6 aromatic rings. The van der Waals surface area contributed by atoms with Gasteiger partial charge in [-0.1, -0.05) is 74.6 Å². The zero-order valence-electron chi connectivity index (χ0n) is 25.6. The summed E-state index contributed by atoms with van der Waals surface area (Å²) in [6.45, 7) is 17.8. The zero-order chi connectivity index (χ0) is 29.3. The van der Waals surface area contributed by atoms with Gasteiger partial charge in [0.2, 0.25) is 5.71 Å². The largest absolute Gasteiger partial charge is 0.486 e. The Morgan fingerprint density at radius 1 is 0.881 bits per heavy atom. The van der Waals surface area contributed by atoms with Gasteiger partial charge in [-0.3, -0.25) is 0 Å². The number of furan rings is 1. The van der Waals surface area contributed by atoms with Crippen LogP contribution in [0.15, 0.2) is 77.5 Å². The predicted molar refractivity (Wildman–Crippen MR) is 173 cm³/mol. The fourth-order valence-corrected chi connectivity index (χ4v) is 6.77. The van der Waals surface area contributed by atoms with Crippen molar-refractivity contribution < 1.29 is 24.5 Å². The first kappa shape index (κ1) is 31.5. The predicted octanol–water partition coefficient (Wildman–Crippen LogP) is 8.98. The Morgan fingerprint density at radius 2 is 1.67 bits per heavy atom. The first-order chi connectivity index (χ1) is 19.5. The maximum Gasteiger partial charge on any atom is 0.216 e. The molecular formula is C36H37IrN3OSi-2. The van der Waals surface area contributed by atoms with Crippen LogP contribution in [0.25, 0.3) is 44.6 Å². The number of rotatable bonds is 4. The van der Waals surface area contributed by atoms with Crippen molar-refractivity contribution in [1.82, 2.24) is 15.0 Å². The summed E-state index contributed by atoms with van der Waals surface area (Å²) in [6.07, 6.45) is 3.91. The van der Waals surface area contributed by atoms with Crippen LogP contribution < -0.4 is 5.19 Å². The first-order valence-corrected chi connectivity index (χ1v) is 17.6. The van der Waals surface area contributed by atoms with Crippen molar-refractivity contribution in [1.29, 1.82) is 0 Å². The Morgan fingerprint density at radius 3 is 2.33 bits per heavy atom. The fourth-order valence-electron chi connectivity index (χ4n) is 5.10. The molecule has 0 aliphatic carbocycles. The van der Waals surface area contributed by atoms with Gasteiger partial charge in [-0.2, -0.15) is 0 Å². The number of fused-ring (bicyclic) bond motifs is 3. The third-order valence-electron chi connectivity index (χ3n) is 7.27. The Balaban J connectivity index is 0.000000191. The van der Waals surface area contributed by atoms with Crippen LogP contribution in [0.2, 0.25) is 19.6 Å². The summed E-state index contributed by atoms with van der Waals surface area (Å²) in [6, 6.07) is 27.0. The minimum atomic E-state index is -1.34. The molecule has 4 aromatic heterocycles. The molecule has 0 spiro atoms. The van der Waals surface area contributed by atoms with E-state index in [0.717, 1.165) is 55.7 Å². The van der Waals surface area contributed by atoms with Gasteiger partial charge in [-0.15, -0.1) is 53.6 Å². The molecule has 0 bridgehead atoms. The average Bonchev–Trinajstić information content (AvgIpc) is 3.32. The molecule has 0 saturated heterocycles. The molecule has 0 atom stereocenters. The van der Waals surface area contributed by atoms with Crippen molar-refractivity contribution in [2.75, 3.05) is 0 Å². The molecule has 0 aliphatic rings. The van der Waals surface area contributed by atoms with E-state index in [9.17, 15) is 0 Å². The summed E-state index contributed by atoms with van der Waals surface area (Å²) in [5, 5.41) is 3.61. The molecular weight excluding hydrogens is 711 g/mol. The van der Waals surface area contributed by atoms with E-state index in [1.807, 2.05) is 55.6 Å². The summed E-state index contributed by atoms with van der Waals surface area (Å²) in [5.41, 5.74) is 10.1. The zero-order valence-corrected chi connectivity index (χ0v) is 29.0. The summed E-state index contributed by atoms with van der Waals surface area (Å²) < 4.78 is 6.06. The maximum atomic E-state index is 6.06. The van der Waals surface area contributed by atoms with Crippen molar-refractivity contribution in [2.24, 2.45) is 0 Å². The van der Waals surface area contributed by atoms with Crippen LogP contribution in [-0.4, -0.2) is 23.0 Å². The number of hydrogen-bond donors (Lipinski definition) is 0. The molecule has 0 fully saturated rings. The Labute approximate surface area is 264 Å². The van der Waals surface area contributed by atoms with Crippen LogP contribution in [-0.2, 0) is 20.1 Å². The first-order valence-electron chi connectivity index (χ1n) is 14.1. The quantitative estimate of drug-likeness (QED) is 0.134. The molecule has 6 heteroatoms. The second kappa shape index (κ2) is 12.8. The van der Waals surface area contributed by atoms with Gasteiger partial charge >= 0.3 is 0 Å². The number of hydrogen-bond acceptors (Lipinski definition) is 4. The SMILES string of the molecule is CC(C)c1cc(-c2[c-]cccc2)ncc1[Si](C)(C)C.Cc1ccnc(-c2[c-]cc(C)c3c2oc2nc(C)ccc23)c1.[Ir]. The fraction of sp³-hybridized carbons (Fsp3) is 0.250. The smallest absolute Gasteiger partial charge is 0.216 e. The molecule has 0 saturated carbocycles. The Bertz CT molecular complexity index is 1840. The molecule has 0 unspecified atom stereocenters. The Kier molecular flexibility index (Phi) is 9.62. The van der Waals surface area contributed by atoms with Crippen molar-refractivity contribution in [3.8, 4) is 22.5 Å². The number of aromatic nitrogens is 3. The van der Waals surface area contributed by atoms with Gasteiger partial charge < -0.3 is 14.4 Å².